The zero-order valence-corrected chi connectivity index (χ0v) is 14.5. The van der Waals surface area contributed by atoms with Crippen molar-refractivity contribution in [3.05, 3.63) is 60.6 Å². The smallest absolute Gasteiger partial charge is 0.0702 e. The molecule has 3 aromatic rings. The van der Waals surface area contributed by atoms with Gasteiger partial charge in [0.15, 0.2) is 0 Å². The van der Waals surface area contributed by atoms with Crippen molar-refractivity contribution < 1.29 is 0 Å². The van der Waals surface area contributed by atoms with Gasteiger partial charge in [-0.25, -0.2) is 0 Å². The van der Waals surface area contributed by atoms with Gasteiger partial charge in [-0.15, -0.1) is 0 Å². The molecule has 1 aliphatic rings. The van der Waals surface area contributed by atoms with E-state index in [1.54, 1.807) is 0 Å². The Kier molecular flexibility index (Phi) is 4.59. The van der Waals surface area contributed by atoms with Gasteiger partial charge in [0.05, 0.1) is 11.9 Å². The maximum atomic E-state index is 4.67. The summed E-state index contributed by atoms with van der Waals surface area (Å²) in [4.78, 5) is 9.54. The summed E-state index contributed by atoms with van der Waals surface area (Å²) in [6.45, 7) is 5.55. The fraction of sp³-hybridized carbons (Fsp3) is 0.300. The van der Waals surface area contributed by atoms with E-state index in [1.165, 1.54) is 5.56 Å². The van der Waals surface area contributed by atoms with Crippen molar-refractivity contribution >= 4 is 0 Å². The fourth-order valence-corrected chi connectivity index (χ4v) is 3.20. The molecule has 1 aromatic carbocycles. The number of nitrogens with one attached hydrogen (secondary N) is 1. The van der Waals surface area contributed by atoms with Crippen molar-refractivity contribution in [2.75, 3.05) is 33.2 Å². The van der Waals surface area contributed by atoms with Crippen LogP contribution >= 0.6 is 0 Å². The van der Waals surface area contributed by atoms with Crippen LogP contribution in [-0.2, 0) is 6.54 Å². The summed E-state index contributed by atoms with van der Waals surface area (Å²) in [6, 6.07) is 12.8. The van der Waals surface area contributed by atoms with Crippen molar-refractivity contribution in [2.45, 2.75) is 6.54 Å². The predicted molar refractivity (Wildman–Crippen MR) is 100 cm³/mol. The van der Waals surface area contributed by atoms with Crippen LogP contribution in [-0.4, -0.2) is 58.2 Å². The van der Waals surface area contributed by atoms with E-state index < -0.39 is 0 Å². The van der Waals surface area contributed by atoms with E-state index in [0.29, 0.717) is 0 Å². The van der Waals surface area contributed by atoms with E-state index in [1.807, 2.05) is 18.6 Å². The van der Waals surface area contributed by atoms with Gasteiger partial charge in [0, 0.05) is 56.2 Å². The zero-order valence-electron chi connectivity index (χ0n) is 14.5. The van der Waals surface area contributed by atoms with E-state index in [9.17, 15) is 0 Å². The largest absolute Gasteiger partial charge is 0.304 e. The molecule has 0 bridgehead atoms. The van der Waals surface area contributed by atoms with Gasteiger partial charge in [0.2, 0.25) is 0 Å². The van der Waals surface area contributed by atoms with Crippen molar-refractivity contribution in [3.8, 4) is 22.4 Å². The molecule has 0 atom stereocenters. The van der Waals surface area contributed by atoms with Crippen molar-refractivity contribution in [2.24, 2.45) is 0 Å². The highest BCUT2D eigenvalue weighted by Gasteiger charge is 2.14. The maximum absolute atomic E-state index is 4.67. The molecule has 1 N–H and O–H groups in total. The first-order valence-corrected chi connectivity index (χ1v) is 8.73. The Morgan fingerprint density at radius 3 is 2.28 bits per heavy atom. The van der Waals surface area contributed by atoms with Gasteiger partial charge < -0.3 is 4.90 Å². The number of aromatic amines is 1. The van der Waals surface area contributed by atoms with Crippen LogP contribution in [0.3, 0.4) is 0 Å². The molecule has 2 aromatic heterocycles. The van der Waals surface area contributed by atoms with Crippen LogP contribution in [0.15, 0.2) is 55.0 Å². The second-order valence-electron chi connectivity index (χ2n) is 6.70. The Bertz CT molecular complexity index is 785. The Hall–Kier alpha value is -2.50. The van der Waals surface area contributed by atoms with Crippen LogP contribution < -0.4 is 0 Å². The predicted octanol–water partition coefficient (Wildman–Crippen LogP) is 2.89. The van der Waals surface area contributed by atoms with E-state index in [2.05, 4.69) is 68.4 Å². The minimum absolute atomic E-state index is 0.987. The molecule has 3 heterocycles. The first kappa shape index (κ1) is 16.0. The van der Waals surface area contributed by atoms with Gasteiger partial charge in [-0.1, -0.05) is 30.3 Å². The molecule has 0 saturated carbocycles. The van der Waals surface area contributed by atoms with Gasteiger partial charge in [-0.3, -0.25) is 15.0 Å². The zero-order chi connectivity index (χ0) is 17.1. The summed E-state index contributed by atoms with van der Waals surface area (Å²) in [5.74, 6) is 0. The van der Waals surface area contributed by atoms with Crippen LogP contribution in [0.25, 0.3) is 22.4 Å². The topological polar surface area (TPSA) is 48.0 Å². The Balaban J connectivity index is 1.43. The number of likely N-dealkylation sites (N-methyl/N-ethyl adjacent to an activating group) is 1. The molecule has 1 aliphatic heterocycles. The summed E-state index contributed by atoms with van der Waals surface area (Å²) in [7, 11) is 2.19. The average molecular weight is 333 g/mol. The number of H-pyrrole nitrogens is 1. The Labute approximate surface area is 148 Å². The third kappa shape index (κ3) is 3.78. The normalized spacial score (nSPS) is 16.2. The van der Waals surface area contributed by atoms with Crippen LogP contribution in [0.4, 0.5) is 0 Å². The quantitative estimate of drug-likeness (QED) is 0.797. The van der Waals surface area contributed by atoms with E-state index in [4.69, 9.17) is 0 Å². The third-order valence-electron chi connectivity index (χ3n) is 4.84. The minimum Gasteiger partial charge on any atom is -0.304 e. The molecule has 4 rings (SSSR count). The lowest BCUT2D eigenvalue weighted by atomic mass is 10.0. The molecule has 0 unspecified atom stereocenters. The number of pyridine rings is 1. The van der Waals surface area contributed by atoms with Gasteiger partial charge >= 0.3 is 0 Å². The van der Waals surface area contributed by atoms with E-state index >= 15 is 0 Å². The first-order chi connectivity index (χ1) is 12.3. The van der Waals surface area contributed by atoms with Gasteiger partial charge in [0.25, 0.3) is 0 Å². The fourth-order valence-electron chi connectivity index (χ4n) is 3.20. The second kappa shape index (κ2) is 7.17. The van der Waals surface area contributed by atoms with Crippen LogP contribution in [0, 0.1) is 0 Å². The third-order valence-corrected chi connectivity index (χ3v) is 4.84. The molecule has 25 heavy (non-hydrogen) atoms. The lowest BCUT2D eigenvalue weighted by Crippen LogP contribution is -2.43. The minimum atomic E-state index is 0.987. The number of hydrogen-bond acceptors (Lipinski definition) is 4. The highest BCUT2D eigenvalue weighted by atomic mass is 15.2. The van der Waals surface area contributed by atoms with Crippen LogP contribution in [0.2, 0.25) is 0 Å². The molecule has 128 valence electrons. The number of rotatable bonds is 4. The van der Waals surface area contributed by atoms with Gasteiger partial charge in [-0.05, 0) is 24.2 Å². The molecule has 0 aliphatic carbocycles. The molecule has 5 heteroatoms. The van der Waals surface area contributed by atoms with Crippen LogP contribution in [0.1, 0.15) is 5.56 Å². The number of hydrogen-bond donors (Lipinski definition) is 1. The maximum Gasteiger partial charge on any atom is 0.0702 e. The summed E-state index contributed by atoms with van der Waals surface area (Å²) >= 11 is 0. The van der Waals surface area contributed by atoms with Gasteiger partial charge in [-0.2, -0.15) is 5.10 Å². The molecule has 0 amide bonds. The molecule has 0 radical (unpaired) electrons. The number of benzene rings is 1. The van der Waals surface area contributed by atoms with Crippen molar-refractivity contribution in [1.82, 2.24) is 25.0 Å². The van der Waals surface area contributed by atoms with Crippen molar-refractivity contribution in [3.63, 3.8) is 0 Å². The summed E-state index contributed by atoms with van der Waals surface area (Å²) < 4.78 is 0. The lowest BCUT2D eigenvalue weighted by Gasteiger charge is -2.32. The summed E-state index contributed by atoms with van der Waals surface area (Å²) in [6.07, 6.45) is 5.75. The summed E-state index contributed by atoms with van der Waals surface area (Å²) in [5, 5.41) is 6.84. The average Bonchev–Trinajstić information content (AvgIpc) is 3.19. The summed E-state index contributed by atoms with van der Waals surface area (Å²) in [5.41, 5.74) is 5.69. The lowest BCUT2D eigenvalue weighted by molar-refractivity contribution is 0.148. The van der Waals surface area contributed by atoms with Crippen molar-refractivity contribution in [1.29, 1.82) is 0 Å². The molecule has 5 nitrogen and oxygen atoms in total. The molecule has 1 fully saturated rings. The first-order valence-electron chi connectivity index (χ1n) is 8.73. The number of aromatic nitrogens is 3. The molecular weight excluding hydrogens is 310 g/mol. The molecular formula is C20H23N5. The number of nitrogens with zero attached hydrogens (tertiary/aromatic N) is 4. The van der Waals surface area contributed by atoms with Crippen LogP contribution in [0.5, 0.6) is 0 Å². The van der Waals surface area contributed by atoms with E-state index in [0.717, 1.165) is 55.1 Å². The highest BCUT2D eigenvalue weighted by Crippen LogP contribution is 2.23. The van der Waals surface area contributed by atoms with E-state index in [-0.39, 0.29) is 0 Å². The molecule has 1 saturated heterocycles. The number of piperazine rings is 1. The van der Waals surface area contributed by atoms with Gasteiger partial charge in [0.1, 0.15) is 0 Å². The monoisotopic (exact) mass is 333 g/mol. The second-order valence-corrected chi connectivity index (χ2v) is 6.70. The highest BCUT2D eigenvalue weighted by molar-refractivity contribution is 5.67. The Morgan fingerprint density at radius 2 is 1.64 bits per heavy atom. The standard InChI is InChI=1S/C20H23N5/c1-24-8-10-25(11-9-24)15-16-2-7-20(21-12-16)18-5-3-17(4-6-18)19-13-22-23-14-19/h2-7,12-14H,8-11,15H2,1H3,(H,22,23). The Morgan fingerprint density at radius 1 is 0.880 bits per heavy atom. The molecule has 0 spiro atoms. The SMILES string of the molecule is CN1CCN(Cc2ccc(-c3ccc(-c4cn[nH]c4)cc3)nc2)CC1.